The standard InChI is InChI=1S/C29H27NO5/c1-19-9-10-20(2)27(15-19)35-18-26-24(29(31)32)13-14-25(30-26)23-12-11-22(33-3)16-28(23)34-17-21-7-5-4-6-8-21/h4-16H,17-18H2,1-3H3,(H,31,32). The van der Waals surface area contributed by atoms with Gasteiger partial charge < -0.3 is 19.3 Å². The molecule has 35 heavy (non-hydrogen) atoms. The molecular weight excluding hydrogens is 442 g/mol. The van der Waals surface area contributed by atoms with Gasteiger partial charge in [0.2, 0.25) is 0 Å². The van der Waals surface area contributed by atoms with Gasteiger partial charge >= 0.3 is 5.97 Å². The van der Waals surface area contributed by atoms with Crippen molar-refractivity contribution < 1.29 is 24.1 Å². The minimum Gasteiger partial charge on any atom is -0.497 e. The Labute approximate surface area is 204 Å². The highest BCUT2D eigenvalue weighted by Crippen LogP contribution is 2.34. The van der Waals surface area contributed by atoms with Crippen molar-refractivity contribution in [2.75, 3.05) is 7.11 Å². The Morgan fingerprint density at radius 1 is 0.857 bits per heavy atom. The van der Waals surface area contributed by atoms with E-state index in [9.17, 15) is 9.90 Å². The number of aromatic nitrogens is 1. The molecule has 1 heterocycles. The average Bonchev–Trinajstić information content (AvgIpc) is 2.88. The molecule has 0 fully saturated rings. The van der Waals surface area contributed by atoms with Crippen molar-refractivity contribution in [3.63, 3.8) is 0 Å². The highest BCUT2D eigenvalue weighted by Gasteiger charge is 2.17. The molecule has 6 heteroatoms. The molecule has 0 spiro atoms. The maximum Gasteiger partial charge on any atom is 0.337 e. The first-order chi connectivity index (χ1) is 16.9. The van der Waals surface area contributed by atoms with Crippen LogP contribution in [0.4, 0.5) is 0 Å². The summed E-state index contributed by atoms with van der Waals surface area (Å²) < 4.78 is 17.5. The molecule has 0 aliphatic heterocycles. The van der Waals surface area contributed by atoms with E-state index in [0.29, 0.717) is 35.2 Å². The van der Waals surface area contributed by atoms with Crippen molar-refractivity contribution >= 4 is 5.97 Å². The second-order valence-corrected chi connectivity index (χ2v) is 8.19. The van der Waals surface area contributed by atoms with Gasteiger partial charge in [0.15, 0.2) is 0 Å². The number of carboxylic acid groups (broad SMARTS) is 1. The Kier molecular flexibility index (Phi) is 7.31. The molecule has 0 aliphatic carbocycles. The van der Waals surface area contributed by atoms with Crippen LogP contribution in [-0.2, 0) is 13.2 Å². The first-order valence-electron chi connectivity index (χ1n) is 11.2. The Hall–Kier alpha value is -4.32. The summed E-state index contributed by atoms with van der Waals surface area (Å²) in [6.45, 7) is 4.33. The van der Waals surface area contributed by atoms with Crippen LogP contribution < -0.4 is 14.2 Å². The van der Waals surface area contributed by atoms with E-state index in [4.69, 9.17) is 14.2 Å². The number of carbonyl (C=O) groups is 1. The van der Waals surface area contributed by atoms with Crippen LogP contribution >= 0.6 is 0 Å². The fourth-order valence-corrected chi connectivity index (χ4v) is 3.66. The number of hydrogen-bond donors (Lipinski definition) is 1. The molecule has 3 aromatic carbocycles. The van der Waals surface area contributed by atoms with Crippen LogP contribution in [0.3, 0.4) is 0 Å². The number of aryl methyl sites for hydroxylation is 2. The van der Waals surface area contributed by atoms with Gasteiger partial charge in [-0.25, -0.2) is 9.78 Å². The average molecular weight is 470 g/mol. The second kappa shape index (κ2) is 10.7. The molecule has 0 radical (unpaired) electrons. The summed E-state index contributed by atoms with van der Waals surface area (Å²) in [5, 5.41) is 9.72. The van der Waals surface area contributed by atoms with Crippen LogP contribution in [0.25, 0.3) is 11.3 Å². The van der Waals surface area contributed by atoms with Gasteiger partial charge in [-0.05, 0) is 60.9 Å². The number of rotatable bonds is 9. The molecule has 0 unspecified atom stereocenters. The fourth-order valence-electron chi connectivity index (χ4n) is 3.66. The predicted molar refractivity (Wildman–Crippen MR) is 134 cm³/mol. The lowest BCUT2D eigenvalue weighted by molar-refractivity contribution is 0.0693. The molecule has 0 aliphatic rings. The summed E-state index contributed by atoms with van der Waals surface area (Å²) >= 11 is 0. The number of aromatic carboxylic acids is 1. The van der Waals surface area contributed by atoms with Gasteiger partial charge in [-0.1, -0.05) is 42.5 Å². The number of carboxylic acids is 1. The number of methoxy groups -OCH3 is 1. The summed E-state index contributed by atoms with van der Waals surface area (Å²) in [7, 11) is 1.60. The number of ether oxygens (including phenoxy) is 3. The van der Waals surface area contributed by atoms with Gasteiger partial charge in [-0.15, -0.1) is 0 Å². The van der Waals surface area contributed by atoms with Crippen LogP contribution in [0.1, 0.15) is 32.7 Å². The maximum absolute atomic E-state index is 11.9. The smallest absolute Gasteiger partial charge is 0.337 e. The lowest BCUT2D eigenvalue weighted by Gasteiger charge is -2.15. The van der Waals surface area contributed by atoms with Crippen LogP contribution in [0.5, 0.6) is 17.2 Å². The van der Waals surface area contributed by atoms with Crippen molar-refractivity contribution in [1.82, 2.24) is 4.98 Å². The van der Waals surface area contributed by atoms with Crippen LogP contribution in [0.2, 0.25) is 0 Å². The minimum absolute atomic E-state index is 0.0239. The molecule has 1 N–H and O–H groups in total. The van der Waals surface area contributed by atoms with Gasteiger partial charge in [-0.2, -0.15) is 0 Å². The first-order valence-corrected chi connectivity index (χ1v) is 11.2. The van der Waals surface area contributed by atoms with E-state index in [0.717, 1.165) is 22.3 Å². The van der Waals surface area contributed by atoms with Gasteiger partial charge in [0.25, 0.3) is 0 Å². The lowest BCUT2D eigenvalue weighted by Crippen LogP contribution is -2.09. The fraction of sp³-hybridized carbons (Fsp3) is 0.172. The van der Waals surface area contributed by atoms with E-state index < -0.39 is 5.97 Å². The third-order valence-corrected chi connectivity index (χ3v) is 5.61. The third kappa shape index (κ3) is 5.79. The number of pyridine rings is 1. The number of nitrogens with zero attached hydrogens (tertiary/aromatic N) is 1. The van der Waals surface area contributed by atoms with Gasteiger partial charge in [0.05, 0.1) is 24.1 Å². The van der Waals surface area contributed by atoms with Gasteiger partial charge in [0, 0.05) is 11.6 Å². The van der Waals surface area contributed by atoms with Crippen molar-refractivity contribution in [2.24, 2.45) is 0 Å². The molecule has 0 amide bonds. The number of hydrogen-bond acceptors (Lipinski definition) is 5. The van der Waals surface area contributed by atoms with E-state index in [1.807, 2.05) is 74.5 Å². The van der Waals surface area contributed by atoms with E-state index in [1.54, 1.807) is 25.3 Å². The first kappa shape index (κ1) is 23.8. The SMILES string of the molecule is COc1ccc(-c2ccc(C(=O)O)c(COc3cc(C)ccc3C)n2)c(OCc2ccccc2)c1. The van der Waals surface area contributed by atoms with Gasteiger partial charge in [-0.3, -0.25) is 0 Å². The van der Waals surface area contributed by atoms with E-state index >= 15 is 0 Å². The van der Waals surface area contributed by atoms with Crippen molar-refractivity contribution in [2.45, 2.75) is 27.1 Å². The van der Waals surface area contributed by atoms with E-state index in [2.05, 4.69) is 4.98 Å². The topological polar surface area (TPSA) is 77.9 Å². The quantitative estimate of drug-likeness (QED) is 0.313. The summed E-state index contributed by atoms with van der Waals surface area (Å²) in [5.74, 6) is 0.881. The Morgan fingerprint density at radius 3 is 2.37 bits per heavy atom. The Bertz CT molecular complexity index is 1330. The summed E-state index contributed by atoms with van der Waals surface area (Å²) in [6.07, 6.45) is 0. The Morgan fingerprint density at radius 2 is 1.63 bits per heavy atom. The highest BCUT2D eigenvalue weighted by molar-refractivity contribution is 5.89. The molecule has 6 nitrogen and oxygen atoms in total. The third-order valence-electron chi connectivity index (χ3n) is 5.61. The normalized spacial score (nSPS) is 10.6. The van der Waals surface area contributed by atoms with Crippen LogP contribution in [-0.4, -0.2) is 23.2 Å². The summed E-state index contributed by atoms with van der Waals surface area (Å²) in [4.78, 5) is 16.6. The molecule has 0 atom stereocenters. The predicted octanol–water partition coefficient (Wildman–Crippen LogP) is 6.23. The largest absolute Gasteiger partial charge is 0.497 e. The molecule has 0 saturated carbocycles. The molecule has 178 valence electrons. The maximum atomic E-state index is 11.9. The van der Waals surface area contributed by atoms with Crippen molar-refractivity contribution in [3.05, 3.63) is 107 Å². The minimum atomic E-state index is -1.06. The van der Waals surface area contributed by atoms with Gasteiger partial charge in [0.1, 0.15) is 30.5 Å². The molecule has 4 rings (SSSR count). The lowest BCUT2D eigenvalue weighted by atomic mass is 10.1. The Balaban J connectivity index is 1.67. The molecule has 4 aromatic rings. The number of benzene rings is 3. The molecular formula is C29H27NO5. The molecule has 0 bridgehead atoms. The monoisotopic (exact) mass is 469 g/mol. The van der Waals surface area contributed by atoms with Crippen LogP contribution in [0, 0.1) is 13.8 Å². The zero-order valence-electron chi connectivity index (χ0n) is 19.9. The zero-order chi connectivity index (χ0) is 24.8. The summed E-state index contributed by atoms with van der Waals surface area (Å²) in [6, 6.07) is 24.5. The van der Waals surface area contributed by atoms with Crippen LogP contribution in [0.15, 0.2) is 78.9 Å². The van der Waals surface area contributed by atoms with E-state index in [1.165, 1.54) is 0 Å². The molecule has 1 aromatic heterocycles. The molecule has 0 saturated heterocycles. The zero-order valence-corrected chi connectivity index (χ0v) is 19.9. The second-order valence-electron chi connectivity index (χ2n) is 8.19. The van der Waals surface area contributed by atoms with E-state index in [-0.39, 0.29) is 12.2 Å². The van der Waals surface area contributed by atoms with Crippen molar-refractivity contribution in [3.8, 4) is 28.5 Å². The highest BCUT2D eigenvalue weighted by atomic mass is 16.5. The van der Waals surface area contributed by atoms with Crippen molar-refractivity contribution in [1.29, 1.82) is 0 Å². The summed E-state index contributed by atoms with van der Waals surface area (Å²) in [5.41, 5.74) is 4.80.